The zero-order chi connectivity index (χ0) is 17.7. The number of halogens is 1. The first-order chi connectivity index (χ1) is 11.3. The van der Waals surface area contributed by atoms with Crippen molar-refractivity contribution in [1.82, 2.24) is 14.5 Å². The van der Waals surface area contributed by atoms with Crippen LogP contribution in [-0.4, -0.2) is 40.6 Å². The van der Waals surface area contributed by atoms with Crippen molar-refractivity contribution < 1.29 is 13.9 Å². The lowest BCUT2D eigenvalue weighted by atomic mass is 9.93. The van der Waals surface area contributed by atoms with Crippen molar-refractivity contribution in [3.8, 4) is 5.75 Å². The molecule has 0 saturated carbocycles. The first-order valence-electron chi connectivity index (χ1n) is 7.91. The fourth-order valence-corrected chi connectivity index (χ4v) is 2.09. The van der Waals surface area contributed by atoms with E-state index in [1.54, 1.807) is 41.0 Å². The van der Waals surface area contributed by atoms with Gasteiger partial charge in [0.15, 0.2) is 11.6 Å². The van der Waals surface area contributed by atoms with E-state index in [1.807, 2.05) is 6.20 Å². The van der Waals surface area contributed by atoms with Crippen LogP contribution in [0.2, 0.25) is 0 Å². The van der Waals surface area contributed by atoms with Gasteiger partial charge in [-0.15, -0.1) is 0 Å². The van der Waals surface area contributed by atoms with Crippen LogP contribution in [-0.2, 0) is 16.8 Å². The predicted octanol–water partition coefficient (Wildman–Crippen LogP) is 2.86. The predicted molar refractivity (Wildman–Crippen MR) is 90.5 cm³/mol. The van der Waals surface area contributed by atoms with Crippen molar-refractivity contribution in [1.29, 1.82) is 0 Å². The Morgan fingerprint density at radius 1 is 1.33 bits per heavy atom. The monoisotopic (exact) mass is 333 g/mol. The summed E-state index contributed by atoms with van der Waals surface area (Å²) < 4.78 is 20.6. The summed E-state index contributed by atoms with van der Waals surface area (Å²) in [6, 6.07) is 6.22. The number of carbonyl (C=O) groups excluding carboxylic acids is 1. The molecule has 0 aliphatic carbocycles. The molecule has 2 rings (SSSR count). The van der Waals surface area contributed by atoms with Gasteiger partial charge in [-0.05, 0) is 12.1 Å². The molecule has 0 atom stereocenters. The standard InChI is InChI=1S/C18H24FN3O2/c1-18(2,3)16-11-22(13-20-16)12-17(23)21(4)9-10-24-15-8-6-5-7-14(15)19/h5-8,11,13H,9-10,12H2,1-4H3. The zero-order valence-corrected chi connectivity index (χ0v) is 14.6. The lowest BCUT2D eigenvalue weighted by Crippen LogP contribution is -2.33. The number of para-hydroxylation sites is 1. The number of imidazole rings is 1. The normalized spacial score (nSPS) is 11.4. The van der Waals surface area contributed by atoms with E-state index in [1.165, 1.54) is 6.07 Å². The number of hydrogen-bond acceptors (Lipinski definition) is 3. The second-order valence-corrected chi connectivity index (χ2v) is 6.78. The highest BCUT2D eigenvalue weighted by molar-refractivity contribution is 5.75. The Labute approximate surface area is 142 Å². The smallest absolute Gasteiger partial charge is 0.242 e. The molecule has 130 valence electrons. The molecule has 1 amide bonds. The van der Waals surface area contributed by atoms with Crippen molar-refractivity contribution in [3.05, 3.63) is 48.3 Å². The summed E-state index contributed by atoms with van der Waals surface area (Å²) in [4.78, 5) is 18.1. The summed E-state index contributed by atoms with van der Waals surface area (Å²) >= 11 is 0. The minimum atomic E-state index is -0.403. The van der Waals surface area contributed by atoms with Gasteiger partial charge in [0.25, 0.3) is 0 Å². The highest BCUT2D eigenvalue weighted by Gasteiger charge is 2.18. The first kappa shape index (κ1) is 18.0. The summed E-state index contributed by atoms with van der Waals surface area (Å²) in [7, 11) is 1.70. The Hall–Kier alpha value is -2.37. The van der Waals surface area contributed by atoms with Crippen LogP contribution >= 0.6 is 0 Å². The molecule has 1 aromatic heterocycles. The molecule has 1 aromatic carbocycles. The zero-order valence-electron chi connectivity index (χ0n) is 14.6. The average molecular weight is 333 g/mol. The number of carbonyl (C=O) groups is 1. The molecule has 0 aliphatic rings. The summed E-state index contributed by atoms with van der Waals surface area (Å²) in [5.41, 5.74) is 0.897. The maximum Gasteiger partial charge on any atom is 0.242 e. The molecule has 24 heavy (non-hydrogen) atoms. The molecule has 0 radical (unpaired) electrons. The Bertz CT molecular complexity index is 692. The van der Waals surface area contributed by atoms with Crippen LogP contribution in [0.15, 0.2) is 36.8 Å². The third kappa shape index (κ3) is 4.81. The van der Waals surface area contributed by atoms with Gasteiger partial charge >= 0.3 is 0 Å². The van der Waals surface area contributed by atoms with Crippen LogP contribution in [0.4, 0.5) is 4.39 Å². The number of hydrogen-bond donors (Lipinski definition) is 0. The van der Waals surface area contributed by atoms with Gasteiger partial charge in [-0.3, -0.25) is 4.79 Å². The minimum absolute atomic E-state index is 0.0478. The Morgan fingerprint density at radius 2 is 2.04 bits per heavy atom. The van der Waals surface area contributed by atoms with E-state index < -0.39 is 5.82 Å². The fraction of sp³-hybridized carbons (Fsp3) is 0.444. The van der Waals surface area contributed by atoms with Gasteiger partial charge < -0.3 is 14.2 Å². The molecule has 2 aromatic rings. The van der Waals surface area contributed by atoms with Crippen molar-refractivity contribution in [2.24, 2.45) is 0 Å². The quantitative estimate of drug-likeness (QED) is 0.817. The number of amides is 1. The molecule has 0 unspecified atom stereocenters. The number of rotatable bonds is 6. The Kier molecular flexibility index (Phi) is 5.59. The topological polar surface area (TPSA) is 47.4 Å². The van der Waals surface area contributed by atoms with Gasteiger partial charge in [-0.2, -0.15) is 0 Å². The third-order valence-electron chi connectivity index (χ3n) is 3.67. The van der Waals surface area contributed by atoms with Crippen LogP contribution in [0.25, 0.3) is 0 Å². The van der Waals surface area contributed by atoms with Gasteiger partial charge in [0, 0.05) is 18.7 Å². The molecule has 0 aliphatic heterocycles. The summed E-state index contributed by atoms with van der Waals surface area (Å²) in [5.74, 6) is -0.257. The average Bonchev–Trinajstić information content (AvgIpc) is 2.97. The molecule has 0 fully saturated rings. The molecule has 0 spiro atoms. The van der Waals surface area contributed by atoms with Crippen molar-refractivity contribution in [2.45, 2.75) is 32.7 Å². The molecular formula is C18H24FN3O2. The lowest BCUT2D eigenvalue weighted by Gasteiger charge is -2.18. The fourth-order valence-electron chi connectivity index (χ4n) is 2.09. The van der Waals surface area contributed by atoms with Crippen LogP contribution < -0.4 is 4.74 Å². The molecule has 0 bridgehead atoms. The van der Waals surface area contributed by atoms with Gasteiger partial charge in [0.2, 0.25) is 5.91 Å². The van der Waals surface area contributed by atoms with Crippen LogP contribution in [0.1, 0.15) is 26.5 Å². The van der Waals surface area contributed by atoms with Crippen LogP contribution in [0.5, 0.6) is 5.75 Å². The van der Waals surface area contributed by atoms with E-state index in [9.17, 15) is 9.18 Å². The number of benzene rings is 1. The third-order valence-corrected chi connectivity index (χ3v) is 3.67. The van der Waals surface area contributed by atoms with Gasteiger partial charge in [0.1, 0.15) is 13.2 Å². The SMILES string of the molecule is CN(CCOc1ccccc1F)C(=O)Cn1cnc(C(C)(C)C)c1. The van der Waals surface area contributed by atoms with E-state index in [4.69, 9.17) is 4.74 Å². The summed E-state index contributed by atoms with van der Waals surface area (Å²) in [5, 5.41) is 0. The van der Waals surface area contributed by atoms with E-state index in [-0.39, 0.29) is 30.2 Å². The second-order valence-electron chi connectivity index (χ2n) is 6.78. The van der Waals surface area contributed by atoms with Crippen molar-refractivity contribution in [2.75, 3.05) is 20.2 Å². The van der Waals surface area contributed by atoms with Gasteiger partial charge in [-0.25, -0.2) is 9.37 Å². The second kappa shape index (κ2) is 7.47. The Morgan fingerprint density at radius 3 is 2.67 bits per heavy atom. The van der Waals surface area contributed by atoms with E-state index in [0.29, 0.717) is 6.54 Å². The number of aromatic nitrogens is 2. The molecule has 0 N–H and O–H groups in total. The van der Waals surface area contributed by atoms with Crippen molar-refractivity contribution in [3.63, 3.8) is 0 Å². The number of nitrogens with zero attached hydrogens (tertiary/aromatic N) is 3. The van der Waals surface area contributed by atoms with Gasteiger partial charge in [-0.1, -0.05) is 32.9 Å². The minimum Gasteiger partial charge on any atom is -0.489 e. The largest absolute Gasteiger partial charge is 0.489 e. The van der Waals surface area contributed by atoms with E-state index >= 15 is 0 Å². The molecule has 5 nitrogen and oxygen atoms in total. The van der Waals surface area contributed by atoms with Gasteiger partial charge in [0.05, 0.1) is 18.6 Å². The Balaban J connectivity index is 1.82. The molecule has 1 heterocycles. The lowest BCUT2D eigenvalue weighted by molar-refractivity contribution is -0.130. The van der Waals surface area contributed by atoms with E-state index in [0.717, 1.165) is 5.69 Å². The highest BCUT2D eigenvalue weighted by Crippen LogP contribution is 2.19. The number of likely N-dealkylation sites (N-methyl/N-ethyl adjacent to an activating group) is 1. The maximum atomic E-state index is 13.4. The highest BCUT2D eigenvalue weighted by atomic mass is 19.1. The maximum absolute atomic E-state index is 13.4. The molecule has 6 heteroatoms. The molecule has 0 saturated heterocycles. The van der Waals surface area contributed by atoms with E-state index in [2.05, 4.69) is 25.8 Å². The van der Waals surface area contributed by atoms with Crippen LogP contribution in [0.3, 0.4) is 0 Å². The summed E-state index contributed by atoms with van der Waals surface area (Å²) in [6.07, 6.45) is 3.56. The summed E-state index contributed by atoms with van der Waals surface area (Å²) in [6.45, 7) is 7.07. The van der Waals surface area contributed by atoms with Crippen LogP contribution in [0, 0.1) is 5.82 Å². The first-order valence-corrected chi connectivity index (χ1v) is 7.91. The van der Waals surface area contributed by atoms with Crippen molar-refractivity contribution >= 4 is 5.91 Å². The molecular weight excluding hydrogens is 309 g/mol. The number of ether oxygens (including phenoxy) is 1.